The number of hydrogen-bond donors (Lipinski definition) is 12. The third-order valence-corrected chi connectivity index (χ3v) is 17.0. The molecule has 1 fully saturated rings. The number of amides is 7. The van der Waals surface area contributed by atoms with E-state index in [2.05, 4.69) is 52.8 Å². The van der Waals surface area contributed by atoms with Gasteiger partial charge in [0.1, 0.15) is 54.6 Å². The normalized spacial score (nSPS) is 22.8. The number of carbonyl (C=O) groups is 8. The van der Waals surface area contributed by atoms with Crippen LogP contribution >= 0.6 is 21.6 Å². The Labute approximate surface area is 446 Å². The average Bonchev–Trinajstić information content (AvgIpc) is 3.77. The molecule has 75 heavy (non-hydrogen) atoms. The number of para-hydroxylation sites is 1. The number of esters is 1. The molecule has 2 heterocycles. The van der Waals surface area contributed by atoms with E-state index in [1.165, 1.54) is 31.9 Å². The number of aliphatic hydroxyl groups is 1. The van der Waals surface area contributed by atoms with Gasteiger partial charge in [-0.3, -0.25) is 33.6 Å². The van der Waals surface area contributed by atoms with Crippen molar-refractivity contribution < 1.29 is 52.9 Å². The Balaban J connectivity index is 1.86. The highest BCUT2D eigenvalue weighted by Crippen LogP contribution is 2.46. The number of nitrogens with one attached hydrogen (secondary N) is 10. The fraction of sp³-hybridized carbons (Fsp3) is 0.569. The molecule has 0 aliphatic carbocycles. The number of benzene rings is 2. The molecule has 0 spiro atoms. The lowest BCUT2D eigenvalue weighted by molar-refractivity contribution is -0.145. The topological polar surface area (TPSA) is 325 Å². The summed E-state index contributed by atoms with van der Waals surface area (Å²) in [6, 6.07) is 2.76. The number of unbranched alkanes of at least 4 members (excludes halogenated alkanes) is 1. The zero-order valence-electron chi connectivity index (χ0n) is 44.5. The van der Waals surface area contributed by atoms with E-state index in [1.807, 2.05) is 32.2 Å². The van der Waals surface area contributed by atoms with Crippen LogP contribution in [0.4, 0.5) is 0 Å². The van der Waals surface area contributed by atoms with Gasteiger partial charge in [-0.15, -0.1) is 0 Å². The highest BCUT2D eigenvalue weighted by Gasteiger charge is 2.45. The van der Waals surface area contributed by atoms with E-state index in [0.717, 1.165) is 27.3 Å². The molecule has 2 aromatic carbocycles. The minimum atomic E-state index is -1.72. The Kier molecular flexibility index (Phi) is 23.7. The molecule has 13 N–H and O–H groups in total. The SMILES string of the molecule is CNCCCC[C@@H]1NC(=O)[C@H](Cc2c[nH]c3c(C)cccc23)NC(=O)[C@H]([C@@H](C)O)NC(=O)[C@H](CC(N)=O)NC(=O)[C@@H](NC)C(C)(C)SSC(C)(C)[C@@H](C(=O)N[C@@H](Cc2ccc(OCCNC)cc2)C(=O)OC)NC1=O. The summed E-state index contributed by atoms with van der Waals surface area (Å²) in [4.78, 5) is 116. The fourth-order valence-electron chi connectivity index (χ4n) is 8.46. The summed E-state index contributed by atoms with van der Waals surface area (Å²) >= 11 is 0. The van der Waals surface area contributed by atoms with Gasteiger partial charge in [-0.2, -0.15) is 0 Å². The Hall–Kier alpha value is -5.92. The van der Waals surface area contributed by atoms with Crippen molar-refractivity contribution >= 4 is 79.8 Å². The summed E-state index contributed by atoms with van der Waals surface area (Å²) < 4.78 is 8.55. The second-order valence-electron chi connectivity index (χ2n) is 19.6. The molecule has 8 atom stereocenters. The average molecular weight is 1080 g/mol. The Morgan fingerprint density at radius 1 is 0.787 bits per heavy atom. The molecule has 1 aliphatic rings. The number of aromatic nitrogens is 1. The number of primary amides is 1. The van der Waals surface area contributed by atoms with Gasteiger partial charge in [0.05, 0.1) is 19.6 Å². The summed E-state index contributed by atoms with van der Waals surface area (Å²) in [5, 5.41) is 37.1. The van der Waals surface area contributed by atoms with E-state index in [1.54, 1.807) is 65.2 Å². The number of nitrogens with two attached hydrogens (primary N) is 1. The van der Waals surface area contributed by atoms with Crippen LogP contribution in [0.3, 0.4) is 0 Å². The summed E-state index contributed by atoms with van der Waals surface area (Å²) in [5.41, 5.74) is 8.54. The van der Waals surface area contributed by atoms with Crippen LogP contribution in [0, 0.1) is 6.92 Å². The van der Waals surface area contributed by atoms with Crippen molar-refractivity contribution in [1.29, 1.82) is 0 Å². The van der Waals surface area contributed by atoms with Crippen LogP contribution in [0.2, 0.25) is 0 Å². The molecule has 1 aromatic heterocycles. The smallest absolute Gasteiger partial charge is 0.328 e. The van der Waals surface area contributed by atoms with Crippen molar-refractivity contribution in [3.8, 4) is 5.75 Å². The van der Waals surface area contributed by atoms with Gasteiger partial charge in [0.2, 0.25) is 41.4 Å². The summed E-state index contributed by atoms with van der Waals surface area (Å²) in [6.45, 7) is 11.6. The van der Waals surface area contributed by atoms with Gasteiger partial charge in [0, 0.05) is 46.0 Å². The first-order chi connectivity index (χ1) is 35.5. The molecule has 7 amide bonds. The first-order valence-corrected chi connectivity index (χ1v) is 27.1. The number of aliphatic hydroxyl groups excluding tert-OH is 1. The minimum absolute atomic E-state index is 0.00211. The molecule has 22 nitrogen and oxygen atoms in total. The zero-order valence-corrected chi connectivity index (χ0v) is 46.2. The quantitative estimate of drug-likeness (QED) is 0.0407. The lowest BCUT2D eigenvalue weighted by Crippen LogP contribution is -2.64. The molecule has 1 aliphatic heterocycles. The molecule has 0 radical (unpaired) electrons. The zero-order chi connectivity index (χ0) is 55.6. The highest BCUT2D eigenvalue weighted by molar-refractivity contribution is 8.77. The van der Waals surface area contributed by atoms with Gasteiger partial charge in [0.25, 0.3) is 0 Å². The molecule has 414 valence electrons. The van der Waals surface area contributed by atoms with Crippen LogP contribution in [0.1, 0.15) is 77.0 Å². The van der Waals surface area contributed by atoms with Crippen molar-refractivity contribution in [2.45, 2.75) is 138 Å². The minimum Gasteiger partial charge on any atom is -0.492 e. The number of hydrogen-bond acceptors (Lipinski definition) is 16. The van der Waals surface area contributed by atoms with Crippen molar-refractivity contribution in [2.24, 2.45) is 5.73 Å². The number of carbonyl (C=O) groups excluding carboxylic acids is 8. The third kappa shape index (κ3) is 17.8. The Morgan fingerprint density at radius 2 is 1.41 bits per heavy atom. The van der Waals surface area contributed by atoms with Gasteiger partial charge < -0.3 is 73.1 Å². The molecular formula is C51H77N11O11S2. The summed E-state index contributed by atoms with van der Waals surface area (Å²) in [5.74, 6) is -6.20. The number of H-pyrrole nitrogens is 1. The van der Waals surface area contributed by atoms with Crippen LogP contribution in [-0.4, -0.2) is 163 Å². The molecule has 4 rings (SSSR count). The Morgan fingerprint density at radius 3 is 2.04 bits per heavy atom. The lowest BCUT2D eigenvalue weighted by Gasteiger charge is -2.39. The number of rotatable bonds is 20. The standard InChI is InChI=1S/C51H77N11O11S2/c1-28-14-13-15-33-31(27-56-39(28)33)25-35-44(66)57-34(16-11-12-21-53-7)43(65)62-42(48(70)60-37(49(71)72-10)24-30-17-19-32(20-18-30)73-23-22-54-8)51(5,6)75-74-50(3,4)41(55-9)47(69)59-36(26-38(52)64)45(67)61-40(29(2)63)46(68)58-35/h13-15,17-20,27,29,34-37,40-42,53-56,63H,11-12,16,21-26H2,1-10H3,(H2,52,64)(H,57,66)(H,58,68)(H,59,69)(H,60,70)(H,61,67)(H,62,65)/t29-,34+,35+,36+,37+,40+,41-,42-/m1/s1. The fourth-order valence-corrected chi connectivity index (χ4v) is 11.3. The van der Waals surface area contributed by atoms with Crippen molar-refractivity contribution in [2.75, 3.05) is 47.9 Å². The molecular weight excluding hydrogens is 1010 g/mol. The number of fused-ring (bicyclic) bond motifs is 1. The van der Waals surface area contributed by atoms with Gasteiger partial charge in [-0.25, -0.2) is 4.79 Å². The predicted molar refractivity (Wildman–Crippen MR) is 289 cm³/mol. The maximum absolute atomic E-state index is 14.9. The van der Waals surface area contributed by atoms with Crippen molar-refractivity contribution in [1.82, 2.24) is 52.8 Å². The predicted octanol–water partition coefficient (Wildman–Crippen LogP) is 0.128. The first kappa shape index (κ1) is 61.6. The molecule has 0 saturated carbocycles. The van der Waals surface area contributed by atoms with E-state index in [9.17, 15) is 43.5 Å². The number of methoxy groups -OCH3 is 1. The van der Waals surface area contributed by atoms with Crippen LogP contribution in [0.5, 0.6) is 5.75 Å². The molecule has 24 heteroatoms. The van der Waals surface area contributed by atoms with Crippen LogP contribution in [-0.2, 0) is 55.9 Å². The van der Waals surface area contributed by atoms with Crippen molar-refractivity contribution in [3.05, 3.63) is 65.4 Å². The molecule has 1 saturated heterocycles. The monoisotopic (exact) mass is 1080 g/mol. The third-order valence-electron chi connectivity index (χ3n) is 12.7. The number of ether oxygens (including phenoxy) is 2. The van der Waals surface area contributed by atoms with E-state index in [0.29, 0.717) is 49.4 Å². The second kappa shape index (κ2) is 28.8. The summed E-state index contributed by atoms with van der Waals surface area (Å²) in [7, 11) is 8.63. The molecule has 0 bridgehead atoms. The van der Waals surface area contributed by atoms with Crippen LogP contribution in [0.15, 0.2) is 48.7 Å². The largest absolute Gasteiger partial charge is 0.492 e. The van der Waals surface area contributed by atoms with E-state index in [-0.39, 0.29) is 19.3 Å². The first-order valence-electron chi connectivity index (χ1n) is 24.9. The van der Waals surface area contributed by atoms with E-state index in [4.69, 9.17) is 15.2 Å². The van der Waals surface area contributed by atoms with Crippen LogP contribution in [0.25, 0.3) is 10.9 Å². The summed E-state index contributed by atoms with van der Waals surface area (Å²) in [6.07, 6.45) is 0.416. The second-order valence-corrected chi connectivity index (χ2v) is 23.1. The number of likely N-dealkylation sites (N-methyl/N-ethyl adjacent to an activating group) is 2. The number of aryl methyl sites for hydroxylation is 1. The maximum atomic E-state index is 14.9. The maximum Gasteiger partial charge on any atom is 0.328 e. The Bertz CT molecular complexity index is 2450. The molecule has 0 unspecified atom stereocenters. The van der Waals surface area contributed by atoms with E-state index < -0.39 is 112 Å². The highest BCUT2D eigenvalue weighted by atomic mass is 33.1. The van der Waals surface area contributed by atoms with E-state index >= 15 is 0 Å². The van der Waals surface area contributed by atoms with Gasteiger partial charge in [-0.05, 0) is 117 Å². The van der Waals surface area contributed by atoms with Gasteiger partial charge in [0.15, 0.2) is 0 Å². The number of aromatic amines is 1. The van der Waals surface area contributed by atoms with Crippen LogP contribution < -0.4 is 58.3 Å². The van der Waals surface area contributed by atoms with Crippen molar-refractivity contribution in [3.63, 3.8) is 0 Å². The lowest BCUT2D eigenvalue weighted by atomic mass is 9.98. The van der Waals surface area contributed by atoms with Gasteiger partial charge >= 0.3 is 5.97 Å². The van der Waals surface area contributed by atoms with Gasteiger partial charge in [-0.1, -0.05) is 51.9 Å². The molecule has 3 aromatic rings.